The van der Waals surface area contributed by atoms with Crippen LogP contribution in [0.25, 0.3) is 0 Å². The number of halogens is 1. The Balaban J connectivity index is 1.47. The summed E-state index contributed by atoms with van der Waals surface area (Å²) in [5.41, 5.74) is 4.57. The zero-order chi connectivity index (χ0) is 18.0. The largest absolute Gasteiger partial charge is 0.484 e. The van der Waals surface area contributed by atoms with E-state index >= 15 is 0 Å². The van der Waals surface area contributed by atoms with E-state index in [0.717, 1.165) is 6.07 Å². The van der Waals surface area contributed by atoms with Crippen LogP contribution < -0.4 is 15.6 Å². The molecule has 0 aromatic heterocycles. The molecule has 2 aliphatic rings. The SMILES string of the molecule is CC12CCC(=O)N1C(C(=O)NNC(=O)COc1cccc(F)c1)CS2. The van der Waals surface area contributed by atoms with Crippen molar-refractivity contribution >= 4 is 29.5 Å². The maximum Gasteiger partial charge on any atom is 0.276 e. The lowest BCUT2D eigenvalue weighted by molar-refractivity contribution is -0.139. The maximum atomic E-state index is 13.0. The highest BCUT2D eigenvalue weighted by Gasteiger charge is 2.52. The van der Waals surface area contributed by atoms with Crippen LogP contribution in [0.5, 0.6) is 5.75 Å². The molecule has 2 N–H and O–H groups in total. The molecule has 0 radical (unpaired) electrons. The number of ether oxygens (including phenoxy) is 1. The lowest BCUT2D eigenvalue weighted by atomic mass is 10.2. The smallest absolute Gasteiger partial charge is 0.276 e. The monoisotopic (exact) mass is 367 g/mol. The number of hydrogen-bond donors (Lipinski definition) is 2. The molecule has 2 atom stereocenters. The lowest BCUT2D eigenvalue weighted by Gasteiger charge is -2.29. The van der Waals surface area contributed by atoms with Gasteiger partial charge in [-0.15, -0.1) is 11.8 Å². The van der Waals surface area contributed by atoms with Gasteiger partial charge in [-0.25, -0.2) is 4.39 Å². The third-order valence-corrected chi connectivity index (χ3v) is 5.74. The zero-order valence-electron chi connectivity index (χ0n) is 13.6. The molecule has 2 fully saturated rings. The summed E-state index contributed by atoms with van der Waals surface area (Å²) >= 11 is 1.57. The van der Waals surface area contributed by atoms with Crippen molar-refractivity contribution in [2.45, 2.75) is 30.7 Å². The molecular formula is C16H18FN3O4S. The number of carbonyl (C=O) groups is 3. The van der Waals surface area contributed by atoms with E-state index < -0.39 is 23.7 Å². The molecule has 3 amide bonds. The van der Waals surface area contributed by atoms with Crippen LogP contribution in [0.1, 0.15) is 19.8 Å². The fraction of sp³-hybridized carbons (Fsp3) is 0.438. The van der Waals surface area contributed by atoms with Gasteiger partial charge in [-0.1, -0.05) is 6.07 Å². The quantitative estimate of drug-likeness (QED) is 0.769. The molecular weight excluding hydrogens is 349 g/mol. The van der Waals surface area contributed by atoms with E-state index in [2.05, 4.69) is 10.9 Å². The van der Waals surface area contributed by atoms with Crippen molar-refractivity contribution in [2.75, 3.05) is 12.4 Å². The van der Waals surface area contributed by atoms with E-state index in [1.165, 1.54) is 18.2 Å². The van der Waals surface area contributed by atoms with Crippen LogP contribution in [-0.2, 0) is 14.4 Å². The molecule has 3 rings (SSSR count). The maximum absolute atomic E-state index is 13.0. The van der Waals surface area contributed by atoms with Crippen molar-refractivity contribution < 1.29 is 23.5 Å². The number of carbonyl (C=O) groups excluding carboxylic acids is 3. The van der Waals surface area contributed by atoms with E-state index in [1.807, 2.05) is 6.92 Å². The highest BCUT2D eigenvalue weighted by molar-refractivity contribution is 8.01. The molecule has 2 unspecified atom stereocenters. The number of thioether (sulfide) groups is 1. The number of rotatable bonds is 4. The van der Waals surface area contributed by atoms with Gasteiger partial charge < -0.3 is 9.64 Å². The normalized spacial score (nSPS) is 24.8. The molecule has 1 aromatic rings. The van der Waals surface area contributed by atoms with Gasteiger partial charge in [-0.05, 0) is 25.5 Å². The van der Waals surface area contributed by atoms with Gasteiger partial charge in [0.1, 0.15) is 17.6 Å². The van der Waals surface area contributed by atoms with Crippen LogP contribution in [0.3, 0.4) is 0 Å². The molecule has 25 heavy (non-hydrogen) atoms. The van der Waals surface area contributed by atoms with Crippen LogP contribution in [-0.4, -0.2) is 45.9 Å². The third-order valence-electron chi connectivity index (χ3n) is 4.24. The molecule has 134 valence electrons. The van der Waals surface area contributed by atoms with Crippen molar-refractivity contribution in [1.29, 1.82) is 0 Å². The Bertz CT molecular complexity index is 716. The van der Waals surface area contributed by atoms with Crippen LogP contribution in [0.4, 0.5) is 4.39 Å². The number of nitrogens with one attached hydrogen (secondary N) is 2. The first-order chi connectivity index (χ1) is 11.9. The summed E-state index contributed by atoms with van der Waals surface area (Å²) in [6.45, 7) is 1.57. The van der Waals surface area contributed by atoms with Crippen LogP contribution in [0, 0.1) is 5.82 Å². The predicted molar refractivity (Wildman–Crippen MR) is 88.9 cm³/mol. The Morgan fingerprint density at radius 1 is 1.44 bits per heavy atom. The summed E-state index contributed by atoms with van der Waals surface area (Å²) in [6.07, 6.45) is 1.15. The average molecular weight is 367 g/mol. The minimum atomic E-state index is -0.602. The highest BCUT2D eigenvalue weighted by atomic mass is 32.2. The molecule has 0 spiro atoms. The van der Waals surface area contributed by atoms with Gasteiger partial charge in [-0.2, -0.15) is 0 Å². The van der Waals surface area contributed by atoms with Crippen molar-refractivity contribution in [1.82, 2.24) is 15.8 Å². The zero-order valence-corrected chi connectivity index (χ0v) is 14.4. The Morgan fingerprint density at radius 3 is 3.00 bits per heavy atom. The van der Waals surface area contributed by atoms with Gasteiger partial charge in [0.2, 0.25) is 5.91 Å². The second-order valence-corrected chi connectivity index (χ2v) is 7.55. The minimum Gasteiger partial charge on any atom is -0.484 e. The standard InChI is InChI=1S/C16H18FN3O4S/c1-16-6-5-14(22)20(16)12(9-25-16)15(23)19-18-13(21)8-24-11-4-2-3-10(17)7-11/h2-4,7,12H,5-6,8-9H2,1H3,(H,18,21)(H,19,23). The van der Waals surface area contributed by atoms with Gasteiger partial charge in [0.15, 0.2) is 6.61 Å². The lowest BCUT2D eigenvalue weighted by Crippen LogP contribution is -2.54. The van der Waals surface area contributed by atoms with E-state index in [-0.39, 0.29) is 23.1 Å². The Morgan fingerprint density at radius 2 is 2.24 bits per heavy atom. The number of amides is 3. The summed E-state index contributed by atoms with van der Waals surface area (Å²) in [7, 11) is 0. The topological polar surface area (TPSA) is 87.7 Å². The molecule has 2 heterocycles. The van der Waals surface area contributed by atoms with Gasteiger partial charge in [0.05, 0.1) is 4.87 Å². The molecule has 0 bridgehead atoms. The number of hydrazine groups is 1. The van der Waals surface area contributed by atoms with Crippen LogP contribution >= 0.6 is 11.8 Å². The summed E-state index contributed by atoms with van der Waals surface area (Å²) < 4.78 is 18.2. The van der Waals surface area contributed by atoms with Gasteiger partial charge in [-0.3, -0.25) is 25.2 Å². The van der Waals surface area contributed by atoms with Gasteiger partial charge >= 0.3 is 0 Å². The van der Waals surface area contributed by atoms with Crippen molar-refractivity contribution in [3.8, 4) is 5.75 Å². The molecule has 1 aromatic carbocycles. The van der Waals surface area contributed by atoms with Crippen LogP contribution in [0.15, 0.2) is 24.3 Å². The molecule has 9 heteroatoms. The number of hydrogen-bond acceptors (Lipinski definition) is 5. The third kappa shape index (κ3) is 3.71. The predicted octanol–water partition coefficient (Wildman–Crippen LogP) is 0.806. The first kappa shape index (κ1) is 17.5. The molecule has 0 aliphatic carbocycles. The summed E-state index contributed by atoms with van der Waals surface area (Å²) in [4.78, 5) is 37.3. The highest BCUT2D eigenvalue weighted by Crippen LogP contribution is 2.47. The van der Waals surface area contributed by atoms with Crippen LogP contribution in [0.2, 0.25) is 0 Å². The number of nitrogens with zero attached hydrogens (tertiary/aromatic N) is 1. The van der Waals surface area contributed by atoms with Gasteiger partial charge in [0, 0.05) is 18.2 Å². The fourth-order valence-corrected chi connectivity index (χ4v) is 4.40. The van der Waals surface area contributed by atoms with E-state index in [9.17, 15) is 18.8 Å². The Kier molecular flexibility index (Phi) is 4.85. The van der Waals surface area contributed by atoms with Crippen molar-refractivity contribution in [2.24, 2.45) is 0 Å². The first-order valence-electron chi connectivity index (χ1n) is 7.82. The molecule has 2 saturated heterocycles. The number of benzene rings is 1. The number of fused-ring (bicyclic) bond motifs is 1. The summed E-state index contributed by atoms with van der Waals surface area (Å²) in [6, 6.07) is 4.80. The summed E-state index contributed by atoms with van der Waals surface area (Å²) in [5, 5.41) is 0. The second-order valence-electron chi connectivity index (χ2n) is 6.05. The van der Waals surface area contributed by atoms with E-state index in [4.69, 9.17) is 4.74 Å². The Labute approximate surface area is 148 Å². The van der Waals surface area contributed by atoms with Crippen molar-refractivity contribution in [3.05, 3.63) is 30.1 Å². The van der Waals surface area contributed by atoms with E-state index in [1.54, 1.807) is 16.7 Å². The fourth-order valence-electron chi connectivity index (χ4n) is 2.97. The Hall–Kier alpha value is -2.29. The summed E-state index contributed by atoms with van der Waals surface area (Å²) in [5.74, 6) is -0.836. The first-order valence-corrected chi connectivity index (χ1v) is 8.81. The minimum absolute atomic E-state index is 0.0478. The second kappa shape index (κ2) is 6.91. The average Bonchev–Trinajstić information content (AvgIpc) is 3.07. The van der Waals surface area contributed by atoms with Crippen molar-refractivity contribution in [3.63, 3.8) is 0 Å². The van der Waals surface area contributed by atoms with Gasteiger partial charge in [0.25, 0.3) is 11.8 Å². The molecule has 7 nitrogen and oxygen atoms in total. The molecule has 2 aliphatic heterocycles. The molecule has 0 saturated carbocycles. The van der Waals surface area contributed by atoms with E-state index in [0.29, 0.717) is 18.6 Å².